The highest BCUT2D eigenvalue weighted by molar-refractivity contribution is 5.36. The summed E-state index contributed by atoms with van der Waals surface area (Å²) in [7, 11) is 1.36. The van der Waals surface area contributed by atoms with Crippen molar-refractivity contribution in [2.45, 2.75) is 26.0 Å². The maximum atomic E-state index is 13.8. The number of nitrogens with zero attached hydrogens (tertiary/aromatic N) is 2. The zero-order valence-electron chi connectivity index (χ0n) is 11.8. The van der Waals surface area contributed by atoms with Crippen LogP contribution < -0.4 is 4.74 Å². The Morgan fingerprint density at radius 2 is 1.76 bits per heavy atom. The minimum atomic E-state index is -1.66. The van der Waals surface area contributed by atoms with Gasteiger partial charge < -0.3 is 9.84 Å². The number of ether oxygens (including phenoxy) is 1. The molecule has 0 aliphatic heterocycles. The summed E-state index contributed by atoms with van der Waals surface area (Å²) in [5.41, 5.74) is -0.533. The lowest BCUT2D eigenvalue weighted by Crippen LogP contribution is -2.15. The van der Waals surface area contributed by atoms with Gasteiger partial charge in [-0.25, -0.2) is 13.2 Å². The second-order valence-electron chi connectivity index (χ2n) is 4.82. The lowest BCUT2D eigenvalue weighted by molar-refractivity contribution is 0.189. The van der Waals surface area contributed by atoms with E-state index < -0.39 is 29.1 Å². The Balaban J connectivity index is 2.60. The quantitative estimate of drug-likeness (QED) is 0.944. The smallest absolute Gasteiger partial charge is 0.163 e. The number of aromatic nitrogens is 2. The highest BCUT2D eigenvalue weighted by Gasteiger charge is 2.28. The third kappa shape index (κ3) is 2.73. The van der Waals surface area contributed by atoms with Gasteiger partial charge in [-0.15, -0.1) is 0 Å². The van der Waals surface area contributed by atoms with Gasteiger partial charge in [-0.1, -0.05) is 0 Å². The Labute approximate surface area is 119 Å². The maximum Gasteiger partial charge on any atom is 0.163 e. The van der Waals surface area contributed by atoms with Crippen LogP contribution in [0.2, 0.25) is 0 Å². The molecule has 0 aliphatic carbocycles. The molecular formula is C14H15F3N2O2. The molecule has 0 spiro atoms. The van der Waals surface area contributed by atoms with Crippen molar-refractivity contribution in [2.24, 2.45) is 0 Å². The van der Waals surface area contributed by atoms with Crippen molar-refractivity contribution in [3.8, 4) is 5.75 Å². The summed E-state index contributed by atoms with van der Waals surface area (Å²) in [5.74, 6) is -3.19. The minimum absolute atomic E-state index is 0.108. The maximum absolute atomic E-state index is 13.8. The van der Waals surface area contributed by atoms with Gasteiger partial charge in [0.2, 0.25) is 0 Å². The van der Waals surface area contributed by atoms with Gasteiger partial charge in [-0.2, -0.15) is 5.10 Å². The van der Waals surface area contributed by atoms with Crippen molar-refractivity contribution < 1.29 is 23.0 Å². The van der Waals surface area contributed by atoms with Crippen LogP contribution in [-0.4, -0.2) is 22.0 Å². The monoisotopic (exact) mass is 300 g/mol. The Kier molecular flexibility index (Phi) is 4.22. The van der Waals surface area contributed by atoms with E-state index in [0.29, 0.717) is 12.1 Å². The van der Waals surface area contributed by atoms with Crippen molar-refractivity contribution in [3.05, 3.63) is 47.0 Å². The number of hydrogen-bond donors (Lipinski definition) is 1. The molecule has 0 saturated heterocycles. The summed E-state index contributed by atoms with van der Waals surface area (Å²) in [6.07, 6.45) is -0.316. The van der Waals surface area contributed by atoms with Crippen LogP contribution in [0.25, 0.3) is 0 Å². The number of rotatable bonds is 4. The summed E-state index contributed by atoms with van der Waals surface area (Å²) >= 11 is 0. The van der Waals surface area contributed by atoms with Gasteiger partial charge in [-0.05, 0) is 13.8 Å². The van der Waals surface area contributed by atoms with Crippen molar-refractivity contribution in [3.63, 3.8) is 0 Å². The SMILES string of the molecule is COc1cnn(C(C)C)c1C(O)c1c(F)cc(F)cc1F. The van der Waals surface area contributed by atoms with E-state index in [9.17, 15) is 18.3 Å². The zero-order valence-corrected chi connectivity index (χ0v) is 11.8. The van der Waals surface area contributed by atoms with E-state index in [1.807, 2.05) is 0 Å². The summed E-state index contributed by atoms with van der Waals surface area (Å²) in [4.78, 5) is 0. The molecule has 1 unspecified atom stereocenters. The molecule has 1 atom stereocenters. The molecule has 0 saturated carbocycles. The van der Waals surface area contributed by atoms with Crippen LogP contribution >= 0.6 is 0 Å². The molecule has 1 N–H and O–H groups in total. The molecule has 0 bridgehead atoms. The first-order valence-corrected chi connectivity index (χ1v) is 6.30. The number of hydrogen-bond acceptors (Lipinski definition) is 3. The predicted molar refractivity (Wildman–Crippen MR) is 69.5 cm³/mol. The van der Waals surface area contributed by atoms with E-state index in [4.69, 9.17) is 4.74 Å². The largest absolute Gasteiger partial charge is 0.493 e. The highest BCUT2D eigenvalue weighted by Crippen LogP contribution is 2.34. The summed E-state index contributed by atoms with van der Waals surface area (Å²) in [6.45, 7) is 3.58. The third-order valence-corrected chi connectivity index (χ3v) is 3.08. The lowest BCUT2D eigenvalue weighted by atomic mass is 10.0. The Morgan fingerprint density at radius 3 is 2.24 bits per heavy atom. The molecule has 2 aromatic rings. The number of methoxy groups -OCH3 is 1. The van der Waals surface area contributed by atoms with Gasteiger partial charge >= 0.3 is 0 Å². The van der Waals surface area contributed by atoms with Crippen LogP contribution in [0.4, 0.5) is 13.2 Å². The van der Waals surface area contributed by atoms with E-state index >= 15 is 0 Å². The summed E-state index contributed by atoms with van der Waals surface area (Å²) in [5, 5.41) is 14.4. The Morgan fingerprint density at radius 1 is 1.19 bits per heavy atom. The molecule has 1 aromatic carbocycles. The number of halogens is 3. The van der Waals surface area contributed by atoms with Crippen molar-refractivity contribution >= 4 is 0 Å². The van der Waals surface area contributed by atoms with E-state index in [1.54, 1.807) is 13.8 Å². The number of aliphatic hydroxyl groups excluding tert-OH is 1. The van der Waals surface area contributed by atoms with E-state index in [2.05, 4.69) is 5.10 Å². The van der Waals surface area contributed by atoms with E-state index in [0.717, 1.165) is 0 Å². The molecule has 0 fully saturated rings. The summed E-state index contributed by atoms with van der Waals surface area (Å²) in [6, 6.07) is 0.874. The molecule has 0 radical (unpaired) electrons. The molecular weight excluding hydrogens is 285 g/mol. The van der Waals surface area contributed by atoms with Crippen molar-refractivity contribution in [2.75, 3.05) is 7.11 Å². The summed E-state index contributed by atoms with van der Waals surface area (Å²) < 4.78 is 47.0. The van der Waals surface area contributed by atoms with Gasteiger partial charge in [-0.3, -0.25) is 4.68 Å². The third-order valence-electron chi connectivity index (χ3n) is 3.08. The van der Waals surface area contributed by atoms with Gasteiger partial charge in [0, 0.05) is 18.2 Å². The molecule has 0 aliphatic rings. The van der Waals surface area contributed by atoms with Crippen molar-refractivity contribution in [1.29, 1.82) is 0 Å². The molecule has 0 amide bonds. The second-order valence-corrected chi connectivity index (χ2v) is 4.82. The van der Waals surface area contributed by atoms with Crippen LogP contribution in [0.15, 0.2) is 18.3 Å². The first-order chi connectivity index (χ1) is 9.86. The van der Waals surface area contributed by atoms with Gasteiger partial charge in [0.1, 0.15) is 29.2 Å². The standard InChI is InChI=1S/C14H15F3N2O2/c1-7(2)19-13(11(21-3)6-18-19)14(20)12-9(16)4-8(15)5-10(12)17/h4-7,14,20H,1-3H3. The molecule has 7 heteroatoms. The first kappa shape index (κ1) is 15.4. The first-order valence-electron chi connectivity index (χ1n) is 6.30. The molecule has 2 rings (SSSR count). The van der Waals surface area contributed by atoms with Crippen LogP contribution in [0.5, 0.6) is 5.75 Å². The zero-order chi connectivity index (χ0) is 15.7. The molecule has 1 aromatic heterocycles. The van der Waals surface area contributed by atoms with Crippen LogP contribution in [-0.2, 0) is 0 Å². The van der Waals surface area contributed by atoms with Gasteiger partial charge in [0.15, 0.2) is 5.75 Å². The number of benzene rings is 1. The fraction of sp³-hybridized carbons (Fsp3) is 0.357. The highest BCUT2D eigenvalue weighted by atomic mass is 19.1. The average Bonchev–Trinajstić information content (AvgIpc) is 2.80. The van der Waals surface area contributed by atoms with Gasteiger partial charge in [0.25, 0.3) is 0 Å². The van der Waals surface area contributed by atoms with Crippen LogP contribution in [0.1, 0.15) is 37.3 Å². The predicted octanol–water partition coefficient (Wildman–Crippen LogP) is 2.97. The fourth-order valence-corrected chi connectivity index (χ4v) is 2.14. The van der Waals surface area contributed by atoms with Crippen molar-refractivity contribution in [1.82, 2.24) is 9.78 Å². The van der Waals surface area contributed by atoms with Gasteiger partial charge in [0.05, 0.1) is 18.9 Å². The normalized spacial score (nSPS) is 12.8. The van der Waals surface area contributed by atoms with Crippen LogP contribution in [0.3, 0.4) is 0 Å². The minimum Gasteiger partial charge on any atom is -0.493 e. The van der Waals surface area contributed by atoms with E-state index in [1.165, 1.54) is 18.0 Å². The molecule has 21 heavy (non-hydrogen) atoms. The topological polar surface area (TPSA) is 47.3 Å². The van der Waals surface area contributed by atoms with Crippen LogP contribution in [0, 0.1) is 17.5 Å². The number of aliphatic hydroxyl groups is 1. The molecule has 4 nitrogen and oxygen atoms in total. The average molecular weight is 300 g/mol. The van der Waals surface area contributed by atoms with E-state index in [-0.39, 0.29) is 17.5 Å². The molecule has 114 valence electrons. The lowest BCUT2D eigenvalue weighted by Gasteiger charge is -2.18. The Hall–Kier alpha value is -2.02. The molecule has 1 heterocycles. The second kappa shape index (κ2) is 5.77. The fourth-order valence-electron chi connectivity index (χ4n) is 2.14. The Bertz CT molecular complexity index is 633.